The quantitative estimate of drug-likeness (QED) is 0.821. The van der Waals surface area contributed by atoms with Crippen molar-refractivity contribution in [1.29, 1.82) is 0 Å². The summed E-state index contributed by atoms with van der Waals surface area (Å²) in [5, 5.41) is 1.87. The van der Waals surface area contributed by atoms with Gasteiger partial charge in [0.15, 0.2) is 5.78 Å². The standard InChI is InChI=1S/C12H16N2O2S/c13-9-5-6-14(8-9)12(16)4-3-10(15)11-2-1-7-17-11/h1-2,7,9H,3-6,8,13H2/t9-/m1/s1. The first-order chi connectivity index (χ1) is 8.16. The molecule has 4 nitrogen and oxygen atoms in total. The average Bonchev–Trinajstić information content (AvgIpc) is 2.95. The molecule has 5 heteroatoms. The van der Waals surface area contributed by atoms with Gasteiger partial charge in [-0.05, 0) is 17.9 Å². The monoisotopic (exact) mass is 252 g/mol. The van der Waals surface area contributed by atoms with Crippen molar-refractivity contribution in [2.75, 3.05) is 13.1 Å². The van der Waals surface area contributed by atoms with Crippen LogP contribution in [0.4, 0.5) is 0 Å². The van der Waals surface area contributed by atoms with Crippen LogP contribution < -0.4 is 5.73 Å². The van der Waals surface area contributed by atoms with Gasteiger partial charge in [0, 0.05) is 32.0 Å². The molecule has 2 rings (SSSR count). The van der Waals surface area contributed by atoms with Gasteiger partial charge in [0.2, 0.25) is 5.91 Å². The minimum atomic E-state index is 0.0443. The largest absolute Gasteiger partial charge is 0.341 e. The van der Waals surface area contributed by atoms with E-state index >= 15 is 0 Å². The van der Waals surface area contributed by atoms with Gasteiger partial charge in [-0.3, -0.25) is 9.59 Å². The summed E-state index contributed by atoms with van der Waals surface area (Å²) in [6, 6.07) is 3.74. The molecule has 1 aromatic heterocycles. The SMILES string of the molecule is N[C@@H]1CCN(C(=O)CCC(=O)c2cccs2)C1. The van der Waals surface area contributed by atoms with Crippen LogP contribution in [0.5, 0.6) is 0 Å². The van der Waals surface area contributed by atoms with Gasteiger partial charge >= 0.3 is 0 Å². The lowest BCUT2D eigenvalue weighted by Crippen LogP contribution is -2.32. The maximum absolute atomic E-state index is 11.8. The second kappa shape index (κ2) is 5.42. The van der Waals surface area contributed by atoms with Gasteiger partial charge in [0.25, 0.3) is 0 Å². The van der Waals surface area contributed by atoms with Crippen molar-refractivity contribution in [3.63, 3.8) is 0 Å². The van der Waals surface area contributed by atoms with E-state index in [1.54, 1.807) is 11.0 Å². The van der Waals surface area contributed by atoms with Crippen molar-refractivity contribution in [1.82, 2.24) is 4.90 Å². The molecule has 0 bridgehead atoms. The molecule has 17 heavy (non-hydrogen) atoms. The van der Waals surface area contributed by atoms with Crippen LogP contribution in [-0.2, 0) is 4.79 Å². The van der Waals surface area contributed by atoms with Crippen molar-refractivity contribution >= 4 is 23.0 Å². The second-order valence-corrected chi connectivity index (χ2v) is 5.24. The van der Waals surface area contributed by atoms with Crippen LogP contribution in [-0.4, -0.2) is 35.7 Å². The molecule has 2 heterocycles. The molecule has 0 spiro atoms. The number of ketones is 1. The van der Waals surface area contributed by atoms with E-state index in [0.717, 1.165) is 17.8 Å². The zero-order chi connectivity index (χ0) is 12.3. The Morgan fingerprint density at radius 3 is 2.88 bits per heavy atom. The van der Waals surface area contributed by atoms with Gasteiger partial charge in [-0.25, -0.2) is 0 Å². The molecule has 1 aliphatic heterocycles. The number of amides is 1. The topological polar surface area (TPSA) is 63.4 Å². The highest BCUT2D eigenvalue weighted by Gasteiger charge is 2.23. The number of rotatable bonds is 4. The van der Waals surface area contributed by atoms with Crippen LogP contribution in [0.3, 0.4) is 0 Å². The number of hydrogen-bond donors (Lipinski definition) is 1. The van der Waals surface area contributed by atoms with Gasteiger partial charge in [-0.2, -0.15) is 0 Å². The zero-order valence-electron chi connectivity index (χ0n) is 9.59. The van der Waals surface area contributed by atoms with Crippen molar-refractivity contribution < 1.29 is 9.59 Å². The Hall–Kier alpha value is -1.20. The number of hydrogen-bond acceptors (Lipinski definition) is 4. The summed E-state index contributed by atoms with van der Waals surface area (Å²) in [6.07, 6.45) is 1.46. The molecule has 1 saturated heterocycles. The van der Waals surface area contributed by atoms with Crippen molar-refractivity contribution in [2.45, 2.75) is 25.3 Å². The summed E-state index contributed by atoms with van der Waals surface area (Å²) in [5.74, 6) is 0.0969. The van der Waals surface area contributed by atoms with Crippen LogP contribution in [0.2, 0.25) is 0 Å². The van der Waals surface area contributed by atoms with Crippen molar-refractivity contribution in [3.8, 4) is 0 Å². The lowest BCUT2D eigenvalue weighted by Gasteiger charge is -2.15. The highest BCUT2D eigenvalue weighted by Crippen LogP contribution is 2.14. The van der Waals surface area contributed by atoms with Crippen LogP contribution in [0.25, 0.3) is 0 Å². The Labute approximate surface area is 104 Å². The number of likely N-dealkylation sites (tertiary alicyclic amines) is 1. The normalized spacial score (nSPS) is 19.6. The molecule has 0 unspecified atom stereocenters. The first-order valence-corrected chi connectivity index (χ1v) is 6.65. The third-order valence-corrected chi connectivity index (χ3v) is 3.85. The van der Waals surface area contributed by atoms with Crippen LogP contribution in [0.15, 0.2) is 17.5 Å². The van der Waals surface area contributed by atoms with Gasteiger partial charge in [-0.15, -0.1) is 11.3 Å². The van der Waals surface area contributed by atoms with Gasteiger partial charge in [0.05, 0.1) is 4.88 Å². The lowest BCUT2D eigenvalue weighted by molar-refractivity contribution is -0.130. The van der Waals surface area contributed by atoms with Crippen molar-refractivity contribution in [3.05, 3.63) is 22.4 Å². The molecule has 0 aliphatic carbocycles. The molecule has 1 amide bonds. The first kappa shape index (κ1) is 12.3. The Bertz CT molecular complexity index is 403. The summed E-state index contributed by atoms with van der Waals surface area (Å²) in [6.45, 7) is 1.36. The van der Waals surface area contributed by atoms with E-state index in [1.807, 2.05) is 11.4 Å². The Kier molecular flexibility index (Phi) is 3.91. The molecular weight excluding hydrogens is 236 g/mol. The first-order valence-electron chi connectivity index (χ1n) is 5.77. The second-order valence-electron chi connectivity index (χ2n) is 4.29. The maximum atomic E-state index is 11.8. The molecule has 0 radical (unpaired) electrons. The molecule has 0 saturated carbocycles. The van der Waals surface area contributed by atoms with E-state index in [1.165, 1.54) is 11.3 Å². The van der Waals surface area contributed by atoms with E-state index in [9.17, 15) is 9.59 Å². The predicted octanol–water partition coefficient (Wildman–Crippen LogP) is 1.27. The summed E-state index contributed by atoms with van der Waals surface area (Å²) >= 11 is 1.42. The third kappa shape index (κ3) is 3.14. The van der Waals surface area contributed by atoms with Crippen LogP contribution in [0, 0.1) is 0 Å². The Morgan fingerprint density at radius 2 is 2.29 bits per heavy atom. The lowest BCUT2D eigenvalue weighted by atomic mass is 10.2. The Balaban J connectivity index is 1.78. The number of nitrogens with zero attached hydrogens (tertiary/aromatic N) is 1. The van der Waals surface area contributed by atoms with Gasteiger partial charge in [-0.1, -0.05) is 6.07 Å². The number of nitrogens with two attached hydrogens (primary N) is 1. The van der Waals surface area contributed by atoms with Gasteiger partial charge < -0.3 is 10.6 Å². The van der Waals surface area contributed by atoms with Gasteiger partial charge in [0.1, 0.15) is 0 Å². The van der Waals surface area contributed by atoms with Crippen molar-refractivity contribution in [2.24, 2.45) is 5.73 Å². The van der Waals surface area contributed by atoms with E-state index in [-0.39, 0.29) is 17.7 Å². The number of Topliss-reactive ketones (excluding diaryl/α,β-unsaturated/α-hetero) is 1. The highest BCUT2D eigenvalue weighted by molar-refractivity contribution is 7.12. The fourth-order valence-corrected chi connectivity index (χ4v) is 2.65. The Morgan fingerprint density at radius 1 is 1.47 bits per heavy atom. The minimum Gasteiger partial charge on any atom is -0.341 e. The molecule has 92 valence electrons. The molecule has 1 aromatic rings. The molecular formula is C12H16N2O2S. The molecule has 2 N–H and O–H groups in total. The van der Waals surface area contributed by atoms with E-state index < -0.39 is 0 Å². The summed E-state index contributed by atoms with van der Waals surface area (Å²) in [7, 11) is 0. The van der Waals surface area contributed by atoms with E-state index in [2.05, 4.69) is 0 Å². The van der Waals surface area contributed by atoms with E-state index in [4.69, 9.17) is 5.73 Å². The van der Waals surface area contributed by atoms with Crippen LogP contribution in [0.1, 0.15) is 28.9 Å². The third-order valence-electron chi connectivity index (χ3n) is 2.94. The number of carbonyl (C=O) groups excluding carboxylic acids is 2. The average molecular weight is 252 g/mol. The van der Waals surface area contributed by atoms with E-state index in [0.29, 0.717) is 19.4 Å². The minimum absolute atomic E-state index is 0.0443. The molecule has 0 aromatic carbocycles. The molecule has 1 fully saturated rings. The smallest absolute Gasteiger partial charge is 0.223 e. The summed E-state index contributed by atoms with van der Waals surface area (Å²) in [5.41, 5.74) is 5.74. The highest BCUT2D eigenvalue weighted by atomic mass is 32.1. The predicted molar refractivity (Wildman–Crippen MR) is 67.1 cm³/mol. The molecule has 1 aliphatic rings. The summed E-state index contributed by atoms with van der Waals surface area (Å²) < 4.78 is 0. The fraction of sp³-hybridized carbons (Fsp3) is 0.500. The maximum Gasteiger partial charge on any atom is 0.223 e. The number of thiophene rings is 1. The van der Waals surface area contributed by atoms with Crippen LogP contribution >= 0.6 is 11.3 Å². The zero-order valence-corrected chi connectivity index (χ0v) is 10.4. The molecule has 1 atom stereocenters. The fourth-order valence-electron chi connectivity index (χ4n) is 1.95. The number of carbonyl (C=O) groups is 2. The summed E-state index contributed by atoms with van der Waals surface area (Å²) in [4.78, 5) is 26.0.